The van der Waals surface area contributed by atoms with Crippen LogP contribution in [0.2, 0.25) is 0 Å². The fourth-order valence-corrected chi connectivity index (χ4v) is 3.06. The molecule has 0 unspecified atom stereocenters. The average molecular weight is 266 g/mol. The summed E-state index contributed by atoms with van der Waals surface area (Å²) in [6.45, 7) is 2.28. The minimum atomic E-state index is 0.815. The Bertz CT molecular complexity index is 542. The van der Waals surface area contributed by atoms with Gasteiger partial charge in [0.15, 0.2) is 0 Å². The monoisotopic (exact) mass is 266 g/mol. The summed E-state index contributed by atoms with van der Waals surface area (Å²) in [5.74, 6) is 0.815. The van der Waals surface area contributed by atoms with E-state index in [2.05, 4.69) is 47.4 Å². The largest absolute Gasteiger partial charge is 0.399 e. The number of hydrogen-bond acceptors (Lipinski definition) is 2. The summed E-state index contributed by atoms with van der Waals surface area (Å²) in [4.78, 5) is 2.46. The maximum absolute atomic E-state index is 5.87. The quantitative estimate of drug-likeness (QED) is 0.858. The number of hydrogen-bond donors (Lipinski definition) is 1. The topological polar surface area (TPSA) is 29.3 Å². The van der Waals surface area contributed by atoms with Crippen molar-refractivity contribution < 1.29 is 0 Å². The van der Waals surface area contributed by atoms with Crippen molar-refractivity contribution in [3.63, 3.8) is 0 Å². The van der Waals surface area contributed by atoms with Crippen molar-refractivity contribution in [2.45, 2.75) is 19.3 Å². The van der Waals surface area contributed by atoms with Crippen LogP contribution in [0, 0.1) is 5.92 Å². The van der Waals surface area contributed by atoms with Gasteiger partial charge in [-0.2, -0.15) is 0 Å². The van der Waals surface area contributed by atoms with Gasteiger partial charge in [-0.05, 0) is 48.9 Å². The van der Waals surface area contributed by atoms with Crippen molar-refractivity contribution in [3.8, 4) is 0 Å². The van der Waals surface area contributed by atoms with E-state index in [0.717, 1.165) is 24.7 Å². The molecule has 2 N–H and O–H groups in total. The van der Waals surface area contributed by atoms with Crippen LogP contribution in [0.5, 0.6) is 0 Å². The predicted octanol–water partition coefficient (Wildman–Crippen LogP) is 3.73. The highest BCUT2D eigenvalue weighted by molar-refractivity contribution is 5.56. The molecule has 0 spiro atoms. The molecule has 1 heterocycles. The fourth-order valence-electron chi connectivity index (χ4n) is 3.06. The molecule has 2 nitrogen and oxygen atoms in total. The second-order valence-corrected chi connectivity index (χ2v) is 5.72. The van der Waals surface area contributed by atoms with E-state index >= 15 is 0 Å². The van der Waals surface area contributed by atoms with E-state index in [-0.39, 0.29) is 0 Å². The molecule has 1 saturated heterocycles. The number of anilines is 2. The van der Waals surface area contributed by atoms with Gasteiger partial charge in [-0.3, -0.25) is 0 Å². The van der Waals surface area contributed by atoms with Crippen LogP contribution in [-0.4, -0.2) is 13.1 Å². The van der Waals surface area contributed by atoms with Crippen molar-refractivity contribution in [1.29, 1.82) is 0 Å². The number of nitrogen functional groups attached to an aromatic ring is 1. The van der Waals surface area contributed by atoms with Gasteiger partial charge in [-0.15, -0.1) is 0 Å². The van der Waals surface area contributed by atoms with E-state index in [1.165, 1.54) is 30.5 Å². The zero-order chi connectivity index (χ0) is 13.8. The summed E-state index contributed by atoms with van der Waals surface area (Å²) in [6.07, 6.45) is 3.75. The summed E-state index contributed by atoms with van der Waals surface area (Å²) < 4.78 is 0. The van der Waals surface area contributed by atoms with E-state index in [9.17, 15) is 0 Å². The first kappa shape index (κ1) is 13.0. The molecule has 104 valence electrons. The van der Waals surface area contributed by atoms with Crippen LogP contribution in [0.3, 0.4) is 0 Å². The lowest BCUT2D eigenvalue weighted by atomic mass is 9.90. The maximum atomic E-state index is 5.87. The summed E-state index contributed by atoms with van der Waals surface area (Å²) in [7, 11) is 0. The van der Waals surface area contributed by atoms with Crippen molar-refractivity contribution in [2.24, 2.45) is 5.92 Å². The van der Waals surface area contributed by atoms with E-state index in [1.807, 2.05) is 12.1 Å². The smallest absolute Gasteiger partial charge is 0.0386 e. The van der Waals surface area contributed by atoms with E-state index in [1.54, 1.807) is 0 Å². The van der Waals surface area contributed by atoms with Gasteiger partial charge >= 0.3 is 0 Å². The van der Waals surface area contributed by atoms with Crippen LogP contribution >= 0.6 is 0 Å². The first-order valence-corrected chi connectivity index (χ1v) is 7.46. The Morgan fingerprint density at radius 2 is 1.70 bits per heavy atom. The molecule has 0 bridgehead atoms. The molecular formula is C18H22N2. The Labute approximate surface area is 121 Å². The third kappa shape index (κ3) is 3.13. The number of piperidine rings is 1. The van der Waals surface area contributed by atoms with Crippen molar-refractivity contribution in [2.75, 3.05) is 23.7 Å². The molecule has 0 saturated carbocycles. The first-order valence-electron chi connectivity index (χ1n) is 7.46. The van der Waals surface area contributed by atoms with Crippen LogP contribution in [0.1, 0.15) is 18.4 Å². The van der Waals surface area contributed by atoms with Crippen molar-refractivity contribution >= 4 is 11.4 Å². The summed E-state index contributed by atoms with van der Waals surface area (Å²) in [5, 5.41) is 0. The lowest BCUT2D eigenvalue weighted by Crippen LogP contribution is -2.34. The summed E-state index contributed by atoms with van der Waals surface area (Å²) >= 11 is 0. The normalized spacial score (nSPS) is 16.3. The average Bonchev–Trinajstić information content (AvgIpc) is 2.49. The molecule has 0 radical (unpaired) electrons. The lowest BCUT2D eigenvalue weighted by Gasteiger charge is -2.33. The molecule has 2 aromatic rings. The van der Waals surface area contributed by atoms with Gasteiger partial charge in [0.25, 0.3) is 0 Å². The van der Waals surface area contributed by atoms with Gasteiger partial charge < -0.3 is 10.6 Å². The van der Waals surface area contributed by atoms with E-state index < -0.39 is 0 Å². The van der Waals surface area contributed by atoms with Gasteiger partial charge in [0, 0.05) is 24.5 Å². The minimum Gasteiger partial charge on any atom is -0.399 e. The molecule has 1 fully saturated rings. The van der Waals surface area contributed by atoms with E-state index in [4.69, 9.17) is 5.73 Å². The Kier molecular flexibility index (Phi) is 3.91. The first-order chi connectivity index (χ1) is 9.81. The van der Waals surface area contributed by atoms with Crippen LogP contribution < -0.4 is 10.6 Å². The molecule has 0 aliphatic carbocycles. The number of nitrogens with two attached hydrogens (primary N) is 1. The fraction of sp³-hybridized carbons (Fsp3) is 0.333. The third-order valence-electron chi connectivity index (χ3n) is 4.22. The Morgan fingerprint density at radius 1 is 0.950 bits per heavy atom. The zero-order valence-corrected chi connectivity index (χ0v) is 11.8. The molecule has 0 aromatic heterocycles. The highest BCUT2D eigenvalue weighted by atomic mass is 15.1. The van der Waals surface area contributed by atoms with Crippen molar-refractivity contribution in [3.05, 3.63) is 60.2 Å². The second kappa shape index (κ2) is 6.00. The Balaban J connectivity index is 1.57. The molecule has 0 atom stereocenters. The summed E-state index contributed by atoms with van der Waals surface area (Å²) in [5.41, 5.74) is 9.46. The molecular weight excluding hydrogens is 244 g/mol. The van der Waals surface area contributed by atoms with Crippen LogP contribution in [0.4, 0.5) is 11.4 Å². The Hall–Kier alpha value is -1.96. The van der Waals surface area contributed by atoms with Crippen LogP contribution in [0.15, 0.2) is 54.6 Å². The number of rotatable bonds is 3. The number of nitrogens with zero attached hydrogens (tertiary/aromatic N) is 1. The molecule has 0 amide bonds. The highest BCUT2D eigenvalue weighted by Gasteiger charge is 2.19. The van der Waals surface area contributed by atoms with Crippen LogP contribution in [-0.2, 0) is 6.42 Å². The molecule has 20 heavy (non-hydrogen) atoms. The molecule has 2 aromatic carbocycles. The lowest BCUT2D eigenvalue weighted by molar-refractivity contribution is 0.404. The molecule has 2 heteroatoms. The van der Waals surface area contributed by atoms with E-state index in [0.29, 0.717) is 0 Å². The highest BCUT2D eigenvalue weighted by Crippen LogP contribution is 2.26. The van der Waals surface area contributed by atoms with Gasteiger partial charge in [0.2, 0.25) is 0 Å². The van der Waals surface area contributed by atoms with Crippen LogP contribution in [0.25, 0.3) is 0 Å². The second-order valence-electron chi connectivity index (χ2n) is 5.72. The molecule has 1 aliphatic rings. The van der Waals surface area contributed by atoms with Gasteiger partial charge in [0.05, 0.1) is 0 Å². The maximum Gasteiger partial charge on any atom is 0.0386 e. The summed E-state index contributed by atoms with van der Waals surface area (Å²) in [6, 6.07) is 19.1. The van der Waals surface area contributed by atoms with Gasteiger partial charge in [-0.25, -0.2) is 0 Å². The standard InChI is InChI=1S/C18H22N2/c19-17-7-4-8-18(14-17)20-11-9-16(10-12-20)13-15-5-2-1-3-6-15/h1-8,14,16H,9-13,19H2. The third-order valence-corrected chi connectivity index (χ3v) is 4.22. The van der Waals surface area contributed by atoms with Gasteiger partial charge in [0.1, 0.15) is 0 Å². The Morgan fingerprint density at radius 3 is 2.40 bits per heavy atom. The predicted molar refractivity (Wildman–Crippen MR) is 85.9 cm³/mol. The minimum absolute atomic E-state index is 0.815. The SMILES string of the molecule is Nc1cccc(N2CCC(Cc3ccccc3)CC2)c1. The number of benzene rings is 2. The zero-order valence-electron chi connectivity index (χ0n) is 11.8. The van der Waals surface area contributed by atoms with Crippen molar-refractivity contribution in [1.82, 2.24) is 0 Å². The molecule has 3 rings (SSSR count). The van der Waals surface area contributed by atoms with Gasteiger partial charge in [-0.1, -0.05) is 36.4 Å². The molecule has 1 aliphatic heterocycles.